The molecule has 0 unspecified atom stereocenters. The van der Waals surface area contributed by atoms with Gasteiger partial charge in [-0.15, -0.1) is 11.3 Å². The van der Waals surface area contributed by atoms with Crippen molar-refractivity contribution in [1.82, 2.24) is 9.80 Å². The predicted molar refractivity (Wildman–Crippen MR) is 125 cm³/mol. The first-order valence-electron chi connectivity index (χ1n) is 10.6. The number of hydrogen-bond donors (Lipinski definition) is 1. The molecular weight excluding hydrogens is 437 g/mol. The maximum Gasteiger partial charge on any atom is 0.264 e. The molecule has 1 aromatic heterocycles. The summed E-state index contributed by atoms with van der Waals surface area (Å²) in [5, 5.41) is 3.36. The van der Waals surface area contributed by atoms with Crippen molar-refractivity contribution in [3.8, 4) is 0 Å². The highest BCUT2D eigenvalue weighted by Gasteiger charge is 2.22. The number of benzene rings is 1. The number of aryl methyl sites for hydroxylation is 1. The lowest BCUT2D eigenvalue weighted by Crippen LogP contribution is -2.40. The number of rotatable bonds is 7. The van der Waals surface area contributed by atoms with Gasteiger partial charge in [0.05, 0.1) is 20.5 Å². The van der Waals surface area contributed by atoms with E-state index in [4.69, 9.17) is 11.6 Å². The lowest BCUT2D eigenvalue weighted by molar-refractivity contribution is 0.0771. The number of carbonyl (C=O) groups is 2. The van der Waals surface area contributed by atoms with Crippen molar-refractivity contribution in [2.75, 3.05) is 32.5 Å². The first kappa shape index (κ1) is 23.7. The van der Waals surface area contributed by atoms with E-state index in [9.17, 15) is 14.0 Å². The monoisotopic (exact) mass is 465 g/mol. The minimum atomic E-state index is -0.501. The van der Waals surface area contributed by atoms with Gasteiger partial charge in [0.25, 0.3) is 11.8 Å². The quantitative estimate of drug-likeness (QED) is 0.592. The molecule has 1 N–H and O–H groups in total. The topological polar surface area (TPSA) is 52.7 Å². The maximum atomic E-state index is 13.2. The van der Waals surface area contributed by atoms with Crippen molar-refractivity contribution in [1.29, 1.82) is 0 Å². The van der Waals surface area contributed by atoms with E-state index in [0.29, 0.717) is 22.5 Å². The second-order valence-corrected chi connectivity index (χ2v) is 9.66. The van der Waals surface area contributed by atoms with Gasteiger partial charge in [-0.2, -0.15) is 0 Å². The third-order valence-electron chi connectivity index (χ3n) is 5.86. The van der Waals surface area contributed by atoms with Crippen molar-refractivity contribution in [3.05, 3.63) is 51.1 Å². The van der Waals surface area contributed by atoms with Gasteiger partial charge in [-0.05, 0) is 56.6 Å². The zero-order valence-corrected chi connectivity index (χ0v) is 19.8. The lowest BCUT2D eigenvalue weighted by Gasteiger charge is -2.32. The molecule has 0 aliphatic heterocycles. The summed E-state index contributed by atoms with van der Waals surface area (Å²) in [6, 6.07) is 6.02. The third kappa shape index (κ3) is 6.05. The average molecular weight is 466 g/mol. The molecule has 3 rings (SSSR count). The Kier molecular flexibility index (Phi) is 8.08. The van der Waals surface area contributed by atoms with Crippen LogP contribution in [0.5, 0.6) is 0 Å². The molecule has 1 saturated carbocycles. The van der Waals surface area contributed by atoms with E-state index in [2.05, 4.69) is 17.3 Å². The van der Waals surface area contributed by atoms with Crippen molar-refractivity contribution < 1.29 is 14.0 Å². The van der Waals surface area contributed by atoms with Crippen LogP contribution < -0.4 is 5.32 Å². The Balaban J connectivity index is 1.59. The molecule has 1 heterocycles. The molecule has 2 aromatic rings. The fraction of sp³-hybridized carbons (Fsp3) is 0.478. The fourth-order valence-corrected chi connectivity index (χ4v) is 5.21. The van der Waals surface area contributed by atoms with Crippen LogP contribution in [-0.4, -0.2) is 54.8 Å². The molecule has 5 nitrogen and oxygen atoms in total. The van der Waals surface area contributed by atoms with Crippen molar-refractivity contribution >= 4 is 39.8 Å². The van der Waals surface area contributed by atoms with Crippen LogP contribution in [0.15, 0.2) is 24.3 Å². The highest BCUT2D eigenvalue weighted by atomic mass is 35.5. The zero-order chi connectivity index (χ0) is 22.5. The van der Waals surface area contributed by atoms with Crippen LogP contribution in [0.3, 0.4) is 0 Å². The van der Waals surface area contributed by atoms with E-state index in [1.54, 1.807) is 11.0 Å². The maximum absolute atomic E-state index is 13.2. The largest absolute Gasteiger partial charge is 0.340 e. The van der Waals surface area contributed by atoms with Gasteiger partial charge in [-0.3, -0.25) is 9.59 Å². The number of hydrogen-bond acceptors (Lipinski definition) is 4. The minimum absolute atomic E-state index is 0.0453. The summed E-state index contributed by atoms with van der Waals surface area (Å²) in [6.45, 7) is 3.34. The van der Waals surface area contributed by atoms with Crippen molar-refractivity contribution in [2.24, 2.45) is 0 Å². The van der Waals surface area contributed by atoms with Crippen molar-refractivity contribution in [2.45, 2.75) is 45.1 Å². The van der Waals surface area contributed by atoms with E-state index in [1.807, 2.05) is 14.0 Å². The van der Waals surface area contributed by atoms with Gasteiger partial charge in [0.1, 0.15) is 5.82 Å². The smallest absolute Gasteiger partial charge is 0.264 e. The van der Waals surface area contributed by atoms with Crippen LogP contribution in [0.25, 0.3) is 0 Å². The second-order valence-electron chi connectivity index (χ2n) is 8.20. The van der Waals surface area contributed by atoms with E-state index >= 15 is 0 Å². The number of amides is 2. The third-order valence-corrected chi connectivity index (χ3v) is 7.31. The molecule has 0 bridgehead atoms. The molecule has 0 atom stereocenters. The van der Waals surface area contributed by atoms with Crippen molar-refractivity contribution in [3.63, 3.8) is 0 Å². The minimum Gasteiger partial charge on any atom is -0.340 e. The van der Waals surface area contributed by atoms with E-state index in [0.717, 1.165) is 18.2 Å². The number of nitrogens with one attached hydrogen (secondary N) is 1. The predicted octanol–water partition coefficient (Wildman–Crippen LogP) is 5.44. The second kappa shape index (κ2) is 10.6. The Morgan fingerprint density at radius 2 is 1.87 bits per heavy atom. The van der Waals surface area contributed by atoms with Crippen LogP contribution in [0.1, 0.15) is 57.7 Å². The standard InChI is InChI=1S/C23H29ClFN3O2S/c1-15-13-20(26-22(29)18-10-9-16(25)14-19(18)24)31-21(15)23(30)28(3)12-11-27(2)17-7-5-4-6-8-17/h9-10,13-14,17H,4-8,11-12H2,1-3H3,(H,26,29). The molecular formula is C23H29ClFN3O2S. The van der Waals surface area contributed by atoms with Gasteiger partial charge in [0.2, 0.25) is 0 Å². The Morgan fingerprint density at radius 1 is 1.16 bits per heavy atom. The van der Waals surface area contributed by atoms with Crippen LogP contribution >= 0.6 is 22.9 Å². The summed E-state index contributed by atoms with van der Waals surface area (Å²) < 4.78 is 13.2. The molecule has 1 fully saturated rings. The SMILES string of the molecule is Cc1cc(NC(=O)c2ccc(F)cc2Cl)sc1C(=O)N(C)CCN(C)C1CCCCC1. The van der Waals surface area contributed by atoms with Crippen LogP contribution in [-0.2, 0) is 0 Å². The first-order valence-corrected chi connectivity index (χ1v) is 11.8. The molecule has 31 heavy (non-hydrogen) atoms. The number of nitrogens with zero attached hydrogens (tertiary/aromatic N) is 2. The van der Waals surface area contributed by atoms with Gasteiger partial charge >= 0.3 is 0 Å². The summed E-state index contributed by atoms with van der Waals surface area (Å²) in [6.07, 6.45) is 6.37. The molecule has 1 aliphatic rings. The average Bonchev–Trinajstić information content (AvgIpc) is 3.11. The summed E-state index contributed by atoms with van der Waals surface area (Å²) in [4.78, 5) is 30.1. The number of likely N-dealkylation sites (N-methyl/N-ethyl adjacent to an activating group) is 2. The molecule has 168 valence electrons. The van der Waals surface area contributed by atoms with Gasteiger partial charge in [0, 0.05) is 26.2 Å². The molecule has 0 saturated heterocycles. The van der Waals surface area contributed by atoms with Gasteiger partial charge in [0.15, 0.2) is 0 Å². The Labute approximate surface area is 192 Å². The van der Waals surface area contributed by atoms with E-state index in [1.165, 1.54) is 55.6 Å². The zero-order valence-electron chi connectivity index (χ0n) is 18.2. The van der Waals surface area contributed by atoms with E-state index < -0.39 is 11.7 Å². The normalized spacial score (nSPS) is 14.6. The highest BCUT2D eigenvalue weighted by molar-refractivity contribution is 7.18. The summed E-state index contributed by atoms with van der Waals surface area (Å²) >= 11 is 7.21. The number of halogens is 2. The summed E-state index contributed by atoms with van der Waals surface area (Å²) in [5.74, 6) is -0.994. The van der Waals surface area contributed by atoms with Gasteiger partial charge < -0.3 is 15.1 Å². The number of carbonyl (C=O) groups excluding carboxylic acids is 2. The molecule has 1 aliphatic carbocycles. The molecule has 2 amide bonds. The highest BCUT2D eigenvalue weighted by Crippen LogP contribution is 2.29. The molecule has 0 radical (unpaired) electrons. The van der Waals surface area contributed by atoms with Crippen LogP contribution in [0.2, 0.25) is 5.02 Å². The van der Waals surface area contributed by atoms with Gasteiger partial charge in [-0.25, -0.2) is 4.39 Å². The molecule has 1 aromatic carbocycles. The summed E-state index contributed by atoms with van der Waals surface area (Å²) in [7, 11) is 3.95. The Hall–Kier alpha value is -1.96. The lowest BCUT2D eigenvalue weighted by atomic mass is 9.94. The number of anilines is 1. The van der Waals surface area contributed by atoms with E-state index in [-0.39, 0.29) is 16.5 Å². The number of thiophene rings is 1. The fourth-order valence-electron chi connectivity index (χ4n) is 3.90. The Bertz CT molecular complexity index is 943. The first-order chi connectivity index (χ1) is 14.8. The van der Waals surface area contributed by atoms with Gasteiger partial charge in [-0.1, -0.05) is 30.9 Å². The molecule has 8 heteroatoms. The summed E-state index contributed by atoms with van der Waals surface area (Å²) in [5.41, 5.74) is 0.993. The Morgan fingerprint density at radius 3 is 2.55 bits per heavy atom. The van der Waals surface area contributed by atoms with Crippen LogP contribution in [0.4, 0.5) is 9.39 Å². The molecule has 0 spiro atoms. The van der Waals surface area contributed by atoms with Crippen LogP contribution in [0, 0.1) is 12.7 Å².